The molecular weight excluding hydrogens is 178 g/mol. The van der Waals surface area contributed by atoms with Gasteiger partial charge in [-0.3, -0.25) is 9.59 Å². The van der Waals surface area contributed by atoms with Crippen LogP contribution in [0, 0.1) is 5.92 Å². The van der Waals surface area contributed by atoms with E-state index in [0.29, 0.717) is 24.8 Å². The highest BCUT2D eigenvalue weighted by Gasteiger charge is 2.44. The second-order valence-corrected chi connectivity index (χ2v) is 4.47. The molecule has 1 amide bonds. The Kier molecular flexibility index (Phi) is 1.58. The summed E-state index contributed by atoms with van der Waals surface area (Å²) >= 11 is 0. The first-order chi connectivity index (χ1) is 6.75. The van der Waals surface area contributed by atoms with Gasteiger partial charge in [0.2, 0.25) is 5.91 Å². The molecule has 74 valence electrons. The van der Waals surface area contributed by atoms with Gasteiger partial charge in [-0.25, -0.2) is 0 Å². The van der Waals surface area contributed by atoms with E-state index in [1.54, 1.807) is 6.08 Å². The number of rotatable bonds is 1. The van der Waals surface area contributed by atoms with Crippen molar-refractivity contribution in [3.63, 3.8) is 0 Å². The van der Waals surface area contributed by atoms with Gasteiger partial charge in [0.15, 0.2) is 5.78 Å². The first-order valence-corrected chi connectivity index (χ1v) is 5.32. The Bertz CT molecular complexity index is 341. The lowest BCUT2D eigenvalue weighted by molar-refractivity contribution is -0.127. The van der Waals surface area contributed by atoms with Crippen molar-refractivity contribution >= 4 is 11.7 Å². The molecule has 1 aliphatic heterocycles. The molecule has 1 unspecified atom stereocenters. The predicted octanol–water partition coefficient (Wildman–Crippen LogP) is 1.24. The topological polar surface area (TPSA) is 37.4 Å². The van der Waals surface area contributed by atoms with Gasteiger partial charge in [-0.15, -0.1) is 0 Å². The van der Waals surface area contributed by atoms with Crippen molar-refractivity contribution in [2.75, 3.05) is 0 Å². The highest BCUT2D eigenvalue weighted by atomic mass is 16.2. The van der Waals surface area contributed by atoms with Gasteiger partial charge in [-0.2, -0.15) is 0 Å². The highest BCUT2D eigenvalue weighted by Crippen LogP contribution is 2.42. The van der Waals surface area contributed by atoms with E-state index in [0.717, 1.165) is 25.0 Å². The summed E-state index contributed by atoms with van der Waals surface area (Å²) in [5.41, 5.74) is 1.02. The number of hydrogen-bond donors (Lipinski definition) is 0. The van der Waals surface area contributed by atoms with Crippen molar-refractivity contribution in [2.24, 2.45) is 5.92 Å². The monoisotopic (exact) mass is 191 g/mol. The minimum absolute atomic E-state index is 0.191. The van der Waals surface area contributed by atoms with E-state index in [4.69, 9.17) is 0 Å². The van der Waals surface area contributed by atoms with E-state index in [2.05, 4.69) is 0 Å². The van der Waals surface area contributed by atoms with E-state index >= 15 is 0 Å². The first kappa shape index (κ1) is 8.21. The maximum Gasteiger partial charge on any atom is 0.227 e. The Morgan fingerprint density at radius 2 is 2.00 bits per heavy atom. The van der Waals surface area contributed by atoms with Crippen LogP contribution >= 0.6 is 0 Å². The van der Waals surface area contributed by atoms with Gasteiger partial charge in [-0.1, -0.05) is 0 Å². The molecule has 0 radical (unpaired) electrons. The summed E-state index contributed by atoms with van der Waals surface area (Å²) in [6.07, 6.45) is 6.07. The van der Waals surface area contributed by atoms with Crippen LogP contribution in [0.3, 0.4) is 0 Å². The van der Waals surface area contributed by atoms with Crippen molar-refractivity contribution in [1.82, 2.24) is 4.90 Å². The van der Waals surface area contributed by atoms with Gasteiger partial charge >= 0.3 is 0 Å². The van der Waals surface area contributed by atoms with Crippen molar-refractivity contribution in [2.45, 2.75) is 38.1 Å². The second-order valence-electron chi connectivity index (χ2n) is 4.47. The number of carbonyl (C=O) groups excluding carboxylic acids is 2. The Labute approximate surface area is 82.8 Å². The molecule has 0 aromatic carbocycles. The van der Waals surface area contributed by atoms with Crippen LogP contribution in [0.25, 0.3) is 0 Å². The Balaban J connectivity index is 1.96. The summed E-state index contributed by atoms with van der Waals surface area (Å²) in [5, 5.41) is 0. The molecule has 0 aromatic heterocycles. The number of carbonyl (C=O) groups is 2. The number of likely N-dealkylation sites (tertiary alicyclic amines) is 1. The van der Waals surface area contributed by atoms with Crippen LogP contribution in [-0.2, 0) is 9.59 Å². The Morgan fingerprint density at radius 3 is 2.71 bits per heavy atom. The molecule has 1 heterocycles. The summed E-state index contributed by atoms with van der Waals surface area (Å²) < 4.78 is 0. The molecule has 3 rings (SSSR count). The Morgan fingerprint density at radius 1 is 1.21 bits per heavy atom. The molecule has 0 aromatic rings. The largest absolute Gasteiger partial charge is 0.313 e. The third-order valence-corrected chi connectivity index (χ3v) is 3.35. The summed E-state index contributed by atoms with van der Waals surface area (Å²) in [5.74, 6) is 0.774. The second kappa shape index (κ2) is 2.69. The average molecular weight is 191 g/mol. The fourth-order valence-corrected chi connectivity index (χ4v) is 2.49. The van der Waals surface area contributed by atoms with E-state index in [9.17, 15) is 9.59 Å². The zero-order valence-corrected chi connectivity index (χ0v) is 8.03. The van der Waals surface area contributed by atoms with Crippen molar-refractivity contribution < 1.29 is 9.59 Å². The SMILES string of the molecule is O=C1C=C2C(CC1)CC(=O)N2C1CC1. The van der Waals surface area contributed by atoms with Gasteiger partial charge < -0.3 is 4.90 Å². The van der Waals surface area contributed by atoms with E-state index in [1.165, 1.54) is 0 Å². The maximum absolute atomic E-state index is 11.7. The minimum atomic E-state index is 0.191. The molecule has 0 spiro atoms. The summed E-state index contributed by atoms with van der Waals surface area (Å²) in [7, 11) is 0. The zero-order chi connectivity index (χ0) is 9.71. The Hall–Kier alpha value is -1.12. The molecule has 3 heteroatoms. The molecule has 3 nitrogen and oxygen atoms in total. The summed E-state index contributed by atoms with van der Waals surface area (Å²) in [6.45, 7) is 0. The molecule has 1 saturated heterocycles. The van der Waals surface area contributed by atoms with E-state index in [-0.39, 0.29) is 11.7 Å². The van der Waals surface area contributed by atoms with Gasteiger partial charge in [0.1, 0.15) is 0 Å². The normalized spacial score (nSPS) is 31.9. The smallest absolute Gasteiger partial charge is 0.227 e. The molecular formula is C11H13NO2. The lowest BCUT2D eigenvalue weighted by Gasteiger charge is -2.22. The molecule has 14 heavy (non-hydrogen) atoms. The van der Waals surface area contributed by atoms with Crippen LogP contribution in [0.15, 0.2) is 11.8 Å². The molecule has 3 aliphatic rings. The number of allylic oxidation sites excluding steroid dienone is 2. The number of ketones is 1. The van der Waals surface area contributed by atoms with Crippen LogP contribution in [-0.4, -0.2) is 22.6 Å². The zero-order valence-electron chi connectivity index (χ0n) is 8.03. The molecule has 0 bridgehead atoms. The minimum Gasteiger partial charge on any atom is -0.313 e. The van der Waals surface area contributed by atoms with Gasteiger partial charge in [0.05, 0.1) is 0 Å². The molecule has 2 fully saturated rings. The van der Waals surface area contributed by atoms with Crippen LogP contribution in [0.4, 0.5) is 0 Å². The van der Waals surface area contributed by atoms with Crippen LogP contribution in [0.1, 0.15) is 32.1 Å². The average Bonchev–Trinajstić information content (AvgIpc) is 2.90. The number of fused-ring (bicyclic) bond motifs is 1. The van der Waals surface area contributed by atoms with Crippen molar-refractivity contribution in [1.29, 1.82) is 0 Å². The van der Waals surface area contributed by atoms with Crippen LogP contribution < -0.4 is 0 Å². The van der Waals surface area contributed by atoms with Crippen LogP contribution in [0.2, 0.25) is 0 Å². The lowest BCUT2D eigenvalue weighted by Crippen LogP contribution is -2.27. The molecule has 1 atom stereocenters. The number of amides is 1. The van der Waals surface area contributed by atoms with Crippen molar-refractivity contribution in [3.05, 3.63) is 11.8 Å². The van der Waals surface area contributed by atoms with Gasteiger partial charge in [0, 0.05) is 36.6 Å². The summed E-state index contributed by atoms with van der Waals surface area (Å²) in [4.78, 5) is 24.9. The summed E-state index contributed by atoms with van der Waals surface area (Å²) in [6, 6.07) is 0.421. The predicted molar refractivity (Wildman–Crippen MR) is 50.3 cm³/mol. The van der Waals surface area contributed by atoms with Crippen molar-refractivity contribution in [3.8, 4) is 0 Å². The third-order valence-electron chi connectivity index (χ3n) is 3.35. The third kappa shape index (κ3) is 1.11. The number of nitrogens with zero attached hydrogens (tertiary/aromatic N) is 1. The first-order valence-electron chi connectivity index (χ1n) is 5.32. The van der Waals surface area contributed by atoms with Crippen LogP contribution in [0.5, 0.6) is 0 Å². The van der Waals surface area contributed by atoms with Gasteiger partial charge in [-0.05, 0) is 19.3 Å². The highest BCUT2D eigenvalue weighted by molar-refractivity contribution is 5.94. The van der Waals surface area contributed by atoms with E-state index in [1.807, 2.05) is 4.90 Å². The quantitative estimate of drug-likeness (QED) is 0.625. The molecule has 2 aliphatic carbocycles. The fraction of sp³-hybridized carbons (Fsp3) is 0.636. The number of hydrogen-bond acceptors (Lipinski definition) is 2. The standard InChI is InChI=1S/C11H13NO2/c13-9-4-1-7-5-11(14)12(8-2-3-8)10(7)6-9/h6-8H,1-5H2. The molecule has 0 N–H and O–H groups in total. The fourth-order valence-electron chi connectivity index (χ4n) is 2.49. The lowest BCUT2D eigenvalue weighted by atomic mass is 9.92. The van der Waals surface area contributed by atoms with E-state index < -0.39 is 0 Å². The van der Waals surface area contributed by atoms with Gasteiger partial charge in [0.25, 0.3) is 0 Å². The molecule has 1 saturated carbocycles. The maximum atomic E-state index is 11.7.